The van der Waals surface area contributed by atoms with Crippen molar-refractivity contribution in [1.29, 1.82) is 0 Å². The Balaban J connectivity index is 1.93. The minimum absolute atomic E-state index is 0.309. The zero-order valence-electron chi connectivity index (χ0n) is 10.4. The predicted molar refractivity (Wildman–Crippen MR) is 78.7 cm³/mol. The molecule has 2 aromatic rings. The van der Waals surface area contributed by atoms with E-state index in [1.807, 2.05) is 11.4 Å². The molecule has 100 valence electrons. The van der Waals surface area contributed by atoms with Crippen molar-refractivity contribution in [3.8, 4) is 5.75 Å². The number of carbonyl (C=O) groups excluding carboxylic acids is 1. The lowest BCUT2D eigenvalue weighted by molar-refractivity contribution is 0.0526. The van der Waals surface area contributed by atoms with Gasteiger partial charge >= 0.3 is 5.97 Å². The molecule has 0 atom stereocenters. The lowest BCUT2D eigenvalue weighted by atomic mass is 10.2. The first-order chi connectivity index (χ1) is 9.19. The van der Waals surface area contributed by atoms with Crippen molar-refractivity contribution >= 4 is 33.2 Å². The highest BCUT2D eigenvalue weighted by Gasteiger charge is 2.06. The zero-order chi connectivity index (χ0) is 13.7. The van der Waals surface area contributed by atoms with E-state index in [0.717, 1.165) is 15.1 Å². The normalized spacial score (nSPS) is 10.2. The Labute approximate surface area is 124 Å². The molecule has 0 fully saturated rings. The number of halogens is 1. The first kappa shape index (κ1) is 14.1. The molecule has 3 nitrogen and oxygen atoms in total. The zero-order valence-corrected chi connectivity index (χ0v) is 12.8. The van der Waals surface area contributed by atoms with Gasteiger partial charge in [0, 0.05) is 5.56 Å². The number of benzene rings is 1. The highest BCUT2D eigenvalue weighted by Crippen LogP contribution is 2.22. The van der Waals surface area contributed by atoms with Gasteiger partial charge in [0.1, 0.15) is 12.4 Å². The van der Waals surface area contributed by atoms with Gasteiger partial charge in [0.15, 0.2) is 0 Å². The lowest BCUT2D eigenvalue weighted by Crippen LogP contribution is -2.04. The standard InChI is InChI=1S/C14H13BrO3S/c1-2-17-14(16)11-3-5-12(6-4-11)18-8-10-7-13(15)19-9-10/h3-7,9H,2,8H2,1H3. The minimum Gasteiger partial charge on any atom is -0.489 e. The first-order valence-corrected chi connectivity index (χ1v) is 7.49. The highest BCUT2D eigenvalue weighted by atomic mass is 79.9. The summed E-state index contributed by atoms with van der Waals surface area (Å²) in [6, 6.07) is 8.98. The molecule has 0 saturated heterocycles. The number of hydrogen-bond acceptors (Lipinski definition) is 4. The molecule has 0 bridgehead atoms. The van der Waals surface area contributed by atoms with Gasteiger partial charge < -0.3 is 9.47 Å². The molecular weight excluding hydrogens is 328 g/mol. The van der Waals surface area contributed by atoms with Crippen LogP contribution in [0.1, 0.15) is 22.8 Å². The summed E-state index contributed by atoms with van der Waals surface area (Å²) in [5, 5.41) is 2.04. The first-order valence-electron chi connectivity index (χ1n) is 5.82. The third-order valence-corrected chi connectivity index (χ3v) is 3.95. The van der Waals surface area contributed by atoms with Gasteiger partial charge in [-0.25, -0.2) is 4.79 Å². The second-order valence-corrected chi connectivity index (χ2v) is 6.08. The van der Waals surface area contributed by atoms with E-state index in [1.54, 1.807) is 42.5 Å². The van der Waals surface area contributed by atoms with E-state index in [9.17, 15) is 4.79 Å². The van der Waals surface area contributed by atoms with Gasteiger partial charge in [-0.15, -0.1) is 11.3 Å². The van der Waals surface area contributed by atoms with Gasteiger partial charge in [0.25, 0.3) is 0 Å². The number of ether oxygens (including phenoxy) is 2. The van der Waals surface area contributed by atoms with Gasteiger partial charge in [0.05, 0.1) is 16.0 Å². The van der Waals surface area contributed by atoms with Crippen LogP contribution >= 0.6 is 27.3 Å². The topological polar surface area (TPSA) is 35.5 Å². The van der Waals surface area contributed by atoms with Crippen LogP contribution in [0, 0.1) is 0 Å². The van der Waals surface area contributed by atoms with Crippen molar-refractivity contribution in [1.82, 2.24) is 0 Å². The molecule has 0 amide bonds. The van der Waals surface area contributed by atoms with Crippen LogP contribution in [-0.4, -0.2) is 12.6 Å². The molecule has 0 unspecified atom stereocenters. The molecule has 19 heavy (non-hydrogen) atoms. The molecule has 0 saturated carbocycles. The molecule has 1 aromatic carbocycles. The molecule has 2 rings (SSSR count). The molecule has 0 radical (unpaired) electrons. The second kappa shape index (κ2) is 6.73. The number of carbonyl (C=O) groups is 1. The van der Waals surface area contributed by atoms with E-state index in [2.05, 4.69) is 15.9 Å². The van der Waals surface area contributed by atoms with Crippen molar-refractivity contribution < 1.29 is 14.3 Å². The Morgan fingerprint density at radius 3 is 2.63 bits per heavy atom. The largest absolute Gasteiger partial charge is 0.489 e. The third-order valence-electron chi connectivity index (χ3n) is 2.39. The SMILES string of the molecule is CCOC(=O)c1ccc(OCc2csc(Br)c2)cc1. The number of hydrogen-bond donors (Lipinski definition) is 0. The molecule has 1 heterocycles. The van der Waals surface area contributed by atoms with Crippen LogP contribution in [0.5, 0.6) is 5.75 Å². The summed E-state index contributed by atoms with van der Waals surface area (Å²) in [5.74, 6) is 0.422. The lowest BCUT2D eigenvalue weighted by Gasteiger charge is -2.06. The average molecular weight is 341 g/mol. The average Bonchev–Trinajstić information content (AvgIpc) is 2.83. The van der Waals surface area contributed by atoms with Crippen LogP contribution in [0.4, 0.5) is 0 Å². The van der Waals surface area contributed by atoms with Crippen LogP contribution in [-0.2, 0) is 11.3 Å². The van der Waals surface area contributed by atoms with E-state index in [4.69, 9.17) is 9.47 Å². The summed E-state index contributed by atoms with van der Waals surface area (Å²) in [6.45, 7) is 2.68. The summed E-state index contributed by atoms with van der Waals surface area (Å²) in [6.07, 6.45) is 0. The van der Waals surface area contributed by atoms with Crippen molar-refractivity contribution in [3.63, 3.8) is 0 Å². The van der Waals surface area contributed by atoms with Gasteiger partial charge in [-0.2, -0.15) is 0 Å². The Hall–Kier alpha value is -1.33. The van der Waals surface area contributed by atoms with Crippen molar-refractivity contribution in [2.75, 3.05) is 6.61 Å². The van der Waals surface area contributed by atoms with E-state index in [0.29, 0.717) is 18.8 Å². The molecule has 0 N–H and O–H groups in total. The fraction of sp³-hybridized carbons (Fsp3) is 0.214. The summed E-state index contributed by atoms with van der Waals surface area (Å²) in [5.41, 5.74) is 1.65. The molecule has 0 spiro atoms. The van der Waals surface area contributed by atoms with E-state index in [-0.39, 0.29) is 5.97 Å². The van der Waals surface area contributed by atoms with E-state index < -0.39 is 0 Å². The molecule has 0 aliphatic rings. The Morgan fingerprint density at radius 2 is 2.05 bits per heavy atom. The quantitative estimate of drug-likeness (QED) is 0.762. The predicted octanol–water partition coefficient (Wildman–Crippen LogP) is 4.27. The second-order valence-electron chi connectivity index (χ2n) is 3.79. The van der Waals surface area contributed by atoms with Crippen LogP contribution in [0.2, 0.25) is 0 Å². The van der Waals surface area contributed by atoms with E-state index >= 15 is 0 Å². The van der Waals surface area contributed by atoms with E-state index in [1.165, 1.54) is 0 Å². The fourth-order valence-electron chi connectivity index (χ4n) is 1.49. The molecule has 0 aliphatic carbocycles. The Bertz CT molecular complexity index is 548. The Kier molecular flexibility index (Phi) is 4.99. The molecule has 1 aromatic heterocycles. The fourth-order valence-corrected chi connectivity index (χ4v) is 2.68. The summed E-state index contributed by atoms with van der Waals surface area (Å²) < 4.78 is 11.6. The highest BCUT2D eigenvalue weighted by molar-refractivity contribution is 9.11. The molecular formula is C14H13BrO3S. The maximum Gasteiger partial charge on any atom is 0.338 e. The number of rotatable bonds is 5. The van der Waals surface area contributed by atoms with Crippen LogP contribution < -0.4 is 4.74 Å². The summed E-state index contributed by atoms with van der Waals surface area (Å²) in [7, 11) is 0. The molecule has 0 aliphatic heterocycles. The maximum atomic E-state index is 11.5. The van der Waals surface area contributed by atoms with Gasteiger partial charge in [-0.05, 0) is 58.6 Å². The number of thiophene rings is 1. The smallest absolute Gasteiger partial charge is 0.338 e. The van der Waals surface area contributed by atoms with Crippen LogP contribution in [0.3, 0.4) is 0 Å². The van der Waals surface area contributed by atoms with Crippen molar-refractivity contribution in [2.24, 2.45) is 0 Å². The monoisotopic (exact) mass is 340 g/mol. The minimum atomic E-state index is -0.309. The van der Waals surface area contributed by atoms with Crippen LogP contribution in [0.25, 0.3) is 0 Å². The maximum absolute atomic E-state index is 11.5. The third kappa shape index (κ3) is 4.08. The van der Waals surface area contributed by atoms with Crippen molar-refractivity contribution in [3.05, 3.63) is 50.6 Å². The van der Waals surface area contributed by atoms with Crippen molar-refractivity contribution in [2.45, 2.75) is 13.5 Å². The molecule has 5 heteroatoms. The Morgan fingerprint density at radius 1 is 1.32 bits per heavy atom. The van der Waals surface area contributed by atoms with Gasteiger partial charge in [-0.1, -0.05) is 0 Å². The summed E-state index contributed by atoms with van der Waals surface area (Å²) >= 11 is 5.04. The van der Waals surface area contributed by atoms with Crippen LogP contribution in [0.15, 0.2) is 39.5 Å². The van der Waals surface area contributed by atoms with Gasteiger partial charge in [-0.3, -0.25) is 0 Å². The number of esters is 1. The summed E-state index contributed by atoms with van der Waals surface area (Å²) in [4.78, 5) is 11.5. The van der Waals surface area contributed by atoms with Gasteiger partial charge in [0.2, 0.25) is 0 Å².